The van der Waals surface area contributed by atoms with Crippen LogP contribution in [0.1, 0.15) is 24.8 Å². The summed E-state index contributed by atoms with van der Waals surface area (Å²) in [6.45, 7) is 0. The monoisotopic (exact) mass is 392 g/mol. The standard InChI is InChI=1S/C19H18Cl2N2O3/c20-12-9-13(16(14(21)10-12)11-5-2-1-3-6-11)19(17(24)25)8-4-7-15(19)23-18(22)26/h1-3,5-6,9-10,15H,4,7-8H2,(H,24,25)(H3,22,23,26). The molecule has 2 aromatic rings. The molecule has 1 fully saturated rings. The van der Waals surface area contributed by atoms with E-state index >= 15 is 0 Å². The molecule has 0 spiro atoms. The van der Waals surface area contributed by atoms with Gasteiger partial charge in [-0.1, -0.05) is 53.5 Å². The number of hydrogen-bond acceptors (Lipinski definition) is 2. The normalized spacial score (nSPS) is 22.2. The number of carboxylic acid groups (broad SMARTS) is 1. The number of hydrogen-bond donors (Lipinski definition) is 3. The van der Waals surface area contributed by atoms with E-state index in [1.807, 2.05) is 30.3 Å². The maximum absolute atomic E-state index is 12.4. The third kappa shape index (κ3) is 3.13. The molecule has 136 valence electrons. The number of amides is 2. The van der Waals surface area contributed by atoms with Crippen molar-refractivity contribution in [2.45, 2.75) is 30.7 Å². The Morgan fingerprint density at radius 3 is 2.50 bits per heavy atom. The van der Waals surface area contributed by atoms with Gasteiger partial charge in [-0.25, -0.2) is 4.79 Å². The van der Waals surface area contributed by atoms with Gasteiger partial charge < -0.3 is 16.2 Å². The molecular weight excluding hydrogens is 375 g/mol. The Kier molecular flexibility index (Phi) is 5.12. The first-order chi connectivity index (χ1) is 12.4. The number of carbonyl (C=O) groups is 2. The predicted molar refractivity (Wildman–Crippen MR) is 102 cm³/mol. The molecule has 2 amide bonds. The third-order valence-corrected chi connectivity index (χ3v) is 5.47. The minimum Gasteiger partial charge on any atom is -0.481 e. The molecule has 4 N–H and O–H groups in total. The summed E-state index contributed by atoms with van der Waals surface area (Å²) in [6.07, 6.45) is 1.49. The zero-order valence-corrected chi connectivity index (χ0v) is 15.3. The van der Waals surface area contributed by atoms with Crippen molar-refractivity contribution in [1.82, 2.24) is 5.32 Å². The number of benzene rings is 2. The van der Waals surface area contributed by atoms with Gasteiger partial charge in [-0.2, -0.15) is 0 Å². The number of halogens is 2. The molecule has 1 aliphatic rings. The number of rotatable bonds is 4. The fourth-order valence-electron chi connectivity index (χ4n) is 3.89. The van der Waals surface area contributed by atoms with Gasteiger partial charge in [0.05, 0.1) is 11.1 Å². The highest BCUT2D eigenvalue weighted by Crippen LogP contribution is 2.48. The van der Waals surface area contributed by atoms with Crippen molar-refractivity contribution in [2.75, 3.05) is 0 Å². The second kappa shape index (κ2) is 7.17. The lowest BCUT2D eigenvalue weighted by molar-refractivity contribution is -0.144. The summed E-state index contributed by atoms with van der Waals surface area (Å²) in [5.41, 5.74) is 5.82. The molecule has 0 saturated heterocycles. The zero-order chi connectivity index (χ0) is 18.9. The van der Waals surface area contributed by atoms with E-state index in [9.17, 15) is 14.7 Å². The molecule has 0 heterocycles. The van der Waals surface area contributed by atoms with Crippen LogP contribution in [-0.2, 0) is 10.2 Å². The van der Waals surface area contributed by atoms with Crippen molar-refractivity contribution in [3.63, 3.8) is 0 Å². The van der Waals surface area contributed by atoms with E-state index in [2.05, 4.69) is 5.32 Å². The number of aliphatic carboxylic acids is 1. The van der Waals surface area contributed by atoms with Gasteiger partial charge in [0.2, 0.25) is 0 Å². The molecule has 0 bridgehead atoms. The topological polar surface area (TPSA) is 92.4 Å². The average Bonchev–Trinajstić information content (AvgIpc) is 2.98. The molecule has 26 heavy (non-hydrogen) atoms. The van der Waals surface area contributed by atoms with Gasteiger partial charge in [-0.3, -0.25) is 4.79 Å². The predicted octanol–water partition coefficient (Wildman–Crippen LogP) is 4.20. The smallest absolute Gasteiger partial charge is 0.316 e. The summed E-state index contributed by atoms with van der Waals surface area (Å²) in [6, 6.07) is 11.1. The second-order valence-corrected chi connectivity index (χ2v) is 7.25. The fraction of sp³-hybridized carbons (Fsp3) is 0.263. The lowest BCUT2D eigenvalue weighted by Crippen LogP contribution is -2.53. The lowest BCUT2D eigenvalue weighted by atomic mass is 9.72. The van der Waals surface area contributed by atoms with Crippen LogP contribution in [0.5, 0.6) is 0 Å². The lowest BCUT2D eigenvalue weighted by Gasteiger charge is -2.34. The van der Waals surface area contributed by atoms with Gasteiger partial charge >= 0.3 is 12.0 Å². The van der Waals surface area contributed by atoms with Crippen LogP contribution in [0.25, 0.3) is 11.1 Å². The van der Waals surface area contributed by atoms with E-state index in [0.717, 1.165) is 5.56 Å². The maximum Gasteiger partial charge on any atom is 0.316 e. The van der Waals surface area contributed by atoms with Gasteiger partial charge in [0.1, 0.15) is 5.41 Å². The molecule has 1 saturated carbocycles. The quantitative estimate of drug-likeness (QED) is 0.727. The Hall–Kier alpha value is -2.24. The number of nitrogens with one attached hydrogen (secondary N) is 1. The molecule has 7 heteroatoms. The molecule has 3 rings (SSSR count). The summed E-state index contributed by atoms with van der Waals surface area (Å²) in [5.74, 6) is -1.04. The first-order valence-electron chi connectivity index (χ1n) is 8.20. The zero-order valence-electron chi connectivity index (χ0n) is 13.8. The van der Waals surface area contributed by atoms with Gasteiger partial charge in [0.25, 0.3) is 0 Å². The van der Waals surface area contributed by atoms with E-state index < -0.39 is 23.5 Å². The Bertz CT molecular complexity index is 857. The Morgan fingerprint density at radius 2 is 1.88 bits per heavy atom. The van der Waals surface area contributed by atoms with Crippen molar-refractivity contribution in [3.8, 4) is 11.1 Å². The summed E-state index contributed by atoms with van der Waals surface area (Å²) in [7, 11) is 0. The van der Waals surface area contributed by atoms with Crippen LogP contribution in [-0.4, -0.2) is 23.1 Å². The van der Waals surface area contributed by atoms with Gasteiger partial charge in [0, 0.05) is 10.6 Å². The van der Waals surface area contributed by atoms with Crippen LogP contribution in [0.3, 0.4) is 0 Å². The number of carbonyl (C=O) groups excluding carboxylic acids is 1. The largest absolute Gasteiger partial charge is 0.481 e. The minimum absolute atomic E-state index is 0.343. The summed E-state index contributed by atoms with van der Waals surface area (Å²) in [4.78, 5) is 23.9. The van der Waals surface area contributed by atoms with Crippen molar-refractivity contribution >= 4 is 35.2 Å². The highest BCUT2D eigenvalue weighted by molar-refractivity contribution is 6.36. The average molecular weight is 393 g/mol. The van der Waals surface area contributed by atoms with E-state index in [1.54, 1.807) is 12.1 Å². The van der Waals surface area contributed by atoms with E-state index in [0.29, 0.717) is 40.4 Å². The highest BCUT2D eigenvalue weighted by Gasteiger charge is 2.52. The van der Waals surface area contributed by atoms with Gasteiger partial charge in [-0.05, 0) is 42.5 Å². The van der Waals surface area contributed by atoms with Crippen molar-refractivity contribution < 1.29 is 14.7 Å². The molecule has 0 aromatic heterocycles. The van der Waals surface area contributed by atoms with Crippen molar-refractivity contribution in [2.24, 2.45) is 5.73 Å². The molecule has 0 radical (unpaired) electrons. The summed E-state index contributed by atoms with van der Waals surface area (Å²) >= 11 is 12.7. The second-order valence-electron chi connectivity index (χ2n) is 6.41. The van der Waals surface area contributed by atoms with Gasteiger partial charge in [-0.15, -0.1) is 0 Å². The number of nitrogens with two attached hydrogens (primary N) is 1. The van der Waals surface area contributed by atoms with Crippen LogP contribution < -0.4 is 11.1 Å². The summed E-state index contributed by atoms with van der Waals surface area (Å²) < 4.78 is 0. The third-order valence-electron chi connectivity index (χ3n) is 4.95. The molecule has 2 unspecified atom stereocenters. The number of primary amides is 1. The Labute approximate surface area is 161 Å². The van der Waals surface area contributed by atoms with Crippen LogP contribution in [0.2, 0.25) is 10.0 Å². The van der Waals surface area contributed by atoms with Crippen LogP contribution in [0, 0.1) is 0 Å². The molecule has 2 atom stereocenters. The molecule has 5 nitrogen and oxygen atoms in total. The SMILES string of the molecule is NC(=O)NC1CCCC1(C(=O)O)c1cc(Cl)cc(Cl)c1-c1ccccc1. The molecule has 0 aliphatic heterocycles. The van der Waals surface area contributed by atoms with Crippen LogP contribution in [0.4, 0.5) is 4.79 Å². The highest BCUT2D eigenvalue weighted by atomic mass is 35.5. The summed E-state index contributed by atoms with van der Waals surface area (Å²) in [5, 5.41) is 13.5. The minimum atomic E-state index is -1.35. The Balaban J connectivity index is 2.29. The first-order valence-corrected chi connectivity index (χ1v) is 8.96. The Morgan fingerprint density at radius 1 is 1.19 bits per heavy atom. The molecule has 1 aliphatic carbocycles. The molecule has 2 aromatic carbocycles. The fourth-order valence-corrected chi connectivity index (χ4v) is 4.49. The van der Waals surface area contributed by atoms with E-state index in [1.165, 1.54) is 0 Å². The first kappa shape index (κ1) is 18.5. The van der Waals surface area contributed by atoms with E-state index in [4.69, 9.17) is 28.9 Å². The van der Waals surface area contributed by atoms with Crippen LogP contribution >= 0.6 is 23.2 Å². The molecular formula is C19H18Cl2N2O3. The van der Waals surface area contributed by atoms with Crippen molar-refractivity contribution in [3.05, 3.63) is 58.1 Å². The van der Waals surface area contributed by atoms with Gasteiger partial charge in [0.15, 0.2) is 0 Å². The van der Waals surface area contributed by atoms with Crippen LogP contribution in [0.15, 0.2) is 42.5 Å². The maximum atomic E-state index is 12.4. The van der Waals surface area contributed by atoms with Crippen molar-refractivity contribution in [1.29, 1.82) is 0 Å². The number of carboxylic acids is 1. The van der Waals surface area contributed by atoms with E-state index in [-0.39, 0.29) is 0 Å². The number of urea groups is 1.